The summed E-state index contributed by atoms with van der Waals surface area (Å²) in [7, 11) is 4.69. The van der Waals surface area contributed by atoms with Gasteiger partial charge in [-0.25, -0.2) is 0 Å². The lowest BCUT2D eigenvalue weighted by Crippen LogP contribution is -2.65. The van der Waals surface area contributed by atoms with E-state index in [1.807, 2.05) is 18.2 Å². The normalized spacial score (nSPS) is 25.0. The lowest BCUT2D eigenvalue weighted by Gasteiger charge is -2.50. The molecule has 0 saturated heterocycles. The van der Waals surface area contributed by atoms with Crippen molar-refractivity contribution < 1.29 is 39.5 Å². The van der Waals surface area contributed by atoms with Crippen molar-refractivity contribution in [3.63, 3.8) is 0 Å². The number of carbonyl (C=O) groups excluding carboxylic acids is 3. The van der Waals surface area contributed by atoms with Crippen molar-refractivity contribution in [3.8, 4) is 22.6 Å². The van der Waals surface area contributed by atoms with E-state index < -0.39 is 58.0 Å². The van der Waals surface area contributed by atoms with E-state index in [0.717, 1.165) is 24.1 Å². The lowest BCUT2D eigenvalue weighted by atomic mass is 9.57. The molecule has 3 aliphatic rings. The molecule has 11 heteroatoms. The molecule has 0 spiro atoms. The van der Waals surface area contributed by atoms with E-state index in [2.05, 4.69) is 12.2 Å². The van der Waals surface area contributed by atoms with Crippen LogP contribution in [-0.2, 0) is 27.3 Å². The topological polar surface area (TPSA) is 183 Å². The van der Waals surface area contributed by atoms with Gasteiger partial charge >= 0.3 is 0 Å². The zero-order valence-electron chi connectivity index (χ0n) is 24.6. The predicted molar refractivity (Wildman–Crippen MR) is 158 cm³/mol. The number of phenolic OH excluding ortho intramolecular Hbond substituents is 1. The Labute approximate surface area is 249 Å². The van der Waals surface area contributed by atoms with E-state index in [4.69, 9.17) is 10.5 Å². The van der Waals surface area contributed by atoms with Crippen LogP contribution in [0.2, 0.25) is 0 Å². The smallest absolute Gasteiger partial charge is 0.255 e. The fourth-order valence-electron chi connectivity index (χ4n) is 6.98. The first kappa shape index (κ1) is 30.3. The number of carbonyl (C=O) groups is 3. The van der Waals surface area contributed by atoms with Crippen molar-refractivity contribution in [1.82, 2.24) is 10.2 Å². The maximum atomic E-state index is 14.1. The average Bonchev–Trinajstić information content (AvgIpc) is 2.95. The molecule has 0 aliphatic heterocycles. The van der Waals surface area contributed by atoms with E-state index in [9.17, 15) is 34.8 Å². The average molecular weight is 592 g/mol. The molecule has 11 nitrogen and oxygen atoms in total. The molecule has 3 aliphatic carbocycles. The fourth-order valence-corrected chi connectivity index (χ4v) is 6.98. The van der Waals surface area contributed by atoms with Crippen LogP contribution < -0.4 is 15.8 Å². The van der Waals surface area contributed by atoms with Crippen LogP contribution >= 0.6 is 0 Å². The van der Waals surface area contributed by atoms with E-state index >= 15 is 0 Å². The number of aliphatic hydroxyl groups is 3. The summed E-state index contributed by atoms with van der Waals surface area (Å²) in [5.41, 5.74) is 4.70. The number of rotatable bonds is 8. The number of aliphatic hydroxyl groups excluding tert-OH is 2. The molecular formula is C32H37N3O8. The van der Waals surface area contributed by atoms with Crippen LogP contribution in [0.4, 0.5) is 0 Å². The van der Waals surface area contributed by atoms with Gasteiger partial charge < -0.3 is 36.2 Å². The summed E-state index contributed by atoms with van der Waals surface area (Å²) < 4.78 is 5.67. The number of aromatic hydroxyl groups is 1. The van der Waals surface area contributed by atoms with Gasteiger partial charge in [-0.2, -0.15) is 0 Å². The Morgan fingerprint density at radius 2 is 1.86 bits per heavy atom. The van der Waals surface area contributed by atoms with Gasteiger partial charge in [0.2, 0.25) is 5.78 Å². The Balaban J connectivity index is 1.69. The number of nitrogens with zero attached hydrogens (tertiary/aromatic N) is 1. The van der Waals surface area contributed by atoms with Crippen molar-refractivity contribution in [2.45, 2.75) is 44.4 Å². The molecule has 2 aromatic rings. The van der Waals surface area contributed by atoms with Crippen molar-refractivity contribution in [3.05, 3.63) is 63.9 Å². The Kier molecular flexibility index (Phi) is 7.84. The molecule has 5 rings (SSSR count). The van der Waals surface area contributed by atoms with Crippen LogP contribution in [-0.4, -0.2) is 82.2 Å². The quantitative estimate of drug-likeness (QED) is 0.196. The second-order valence-electron chi connectivity index (χ2n) is 11.7. The molecule has 1 fully saturated rings. The predicted octanol–water partition coefficient (Wildman–Crippen LogP) is 2.14. The highest BCUT2D eigenvalue weighted by Gasteiger charge is 2.64. The number of benzene rings is 2. The van der Waals surface area contributed by atoms with Gasteiger partial charge in [0, 0.05) is 23.6 Å². The third kappa shape index (κ3) is 4.59. The number of amides is 1. The maximum Gasteiger partial charge on any atom is 0.255 e. The Bertz CT molecular complexity index is 1590. The molecule has 1 saturated carbocycles. The number of primary amides is 1. The molecule has 7 N–H and O–H groups in total. The van der Waals surface area contributed by atoms with E-state index in [-0.39, 0.29) is 29.7 Å². The molecule has 4 atom stereocenters. The minimum atomic E-state index is -2.68. The fraction of sp³-hybridized carbons (Fsp3) is 0.406. The van der Waals surface area contributed by atoms with Crippen LogP contribution in [0.5, 0.6) is 11.5 Å². The molecule has 0 aromatic heterocycles. The Morgan fingerprint density at radius 3 is 2.49 bits per heavy atom. The second-order valence-corrected chi connectivity index (χ2v) is 11.7. The first-order chi connectivity index (χ1) is 20.4. The summed E-state index contributed by atoms with van der Waals surface area (Å²) in [4.78, 5) is 41.1. The molecule has 0 bridgehead atoms. The molecule has 2 aromatic carbocycles. The van der Waals surface area contributed by atoms with Crippen LogP contribution in [0.15, 0.2) is 47.2 Å². The summed E-state index contributed by atoms with van der Waals surface area (Å²) in [6.07, 6.45) is 1.18. The highest BCUT2D eigenvalue weighted by Crippen LogP contribution is 2.54. The Morgan fingerprint density at radius 1 is 1.14 bits per heavy atom. The number of methoxy groups -OCH3 is 1. The summed E-state index contributed by atoms with van der Waals surface area (Å²) in [5.74, 6) is -6.26. The van der Waals surface area contributed by atoms with E-state index in [0.29, 0.717) is 23.4 Å². The highest BCUT2D eigenvalue weighted by molar-refractivity contribution is 6.24. The third-order valence-corrected chi connectivity index (χ3v) is 8.91. The number of ether oxygens (including phenoxy) is 1. The van der Waals surface area contributed by atoms with E-state index in [1.165, 1.54) is 11.0 Å². The van der Waals surface area contributed by atoms with Crippen LogP contribution in [0.3, 0.4) is 0 Å². The minimum Gasteiger partial charge on any atom is -0.508 e. The summed E-state index contributed by atoms with van der Waals surface area (Å²) in [6.45, 7) is 3.56. The first-order valence-electron chi connectivity index (χ1n) is 14.3. The number of fused-ring (bicyclic) bond motifs is 3. The molecular weight excluding hydrogens is 554 g/mol. The van der Waals surface area contributed by atoms with Gasteiger partial charge in [-0.1, -0.05) is 19.1 Å². The third-order valence-electron chi connectivity index (χ3n) is 8.91. The van der Waals surface area contributed by atoms with Crippen LogP contribution in [0, 0.1) is 11.8 Å². The molecule has 4 unspecified atom stereocenters. The molecule has 43 heavy (non-hydrogen) atoms. The van der Waals surface area contributed by atoms with Crippen LogP contribution in [0.25, 0.3) is 16.9 Å². The SMILES string of the molecule is CCCNCc1ccc(OC)c(-c2ccc(O)c3c2CC2CC4C(N(C)C)C(=O)C(C(N)=O)=C(O)C4(O)C(=O)C2=C3O)c1. The number of ketones is 2. The highest BCUT2D eigenvalue weighted by atomic mass is 16.5. The summed E-state index contributed by atoms with van der Waals surface area (Å²) in [6, 6.07) is 7.79. The zero-order valence-corrected chi connectivity index (χ0v) is 24.6. The van der Waals surface area contributed by atoms with Crippen molar-refractivity contribution in [2.75, 3.05) is 27.7 Å². The number of hydrogen-bond donors (Lipinski definition) is 6. The van der Waals surface area contributed by atoms with Gasteiger partial charge in [-0.3, -0.25) is 19.3 Å². The minimum absolute atomic E-state index is 0.0129. The number of hydrogen-bond acceptors (Lipinski definition) is 10. The van der Waals surface area contributed by atoms with Gasteiger partial charge in [0.25, 0.3) is 5.91 Å². The Hall–Kier alpha value is -4.19. The lowest BCUT2D eigenvalue weighted by molar-refractivity contribution is -0.153. The van der Waals surface area contributed by atoms with Crippen LogP contribution in [0.1, 0.15) is 36.5 Å². The summed E-state index contributed by atoms with van der Waals surface area (Å²) >= 11 is 0. The van der Waals surface area contributed by atoms with Gasteiger partial charge in [-0.15, -0.1) is 0 Å². The second kappa shape index (κ2) is 11.1. The maximum absolute atomic E-state index is 14.1. The van der Waals surface area contributed by atoms with Gasteiger partial charge in [-0.05, 0) is 80.7 Å². The number of Topliss-reactive ketones (excluding diaryl/α,β-unsaturated/α-hetero) is 2. The van der Waals surface area contributed by atoms with Crippen molar-refractivity contribution >= 4 is 23.2 Å². The number of nitrogens with one attached hydrogen (secondary N) is 1. The standard InChI is InChI=1S/C32H37N3O8/c1-5-10-34-14-15-6-9-22(43-4)18(11-15)17-7-8-21(36)24-19(17)12-16-13-20-26(35(2)3)28(38)25(31(33)41)30(40)32(20,42)29(39)23(16)27(24)37/h6-9,11,16,20,26,34,36-37,40,42H,5,10,12-14H2,1-4H3,(H2,33,41). The molecule has 0 heterocycles. The summed E-state index contributed by atoms with van der Waals surface area (Å²) in [5, 5.41) is 48.7. The monoisotopic (exact) mass is 591 g/mol. The largest absolute Gasteiger partial charge is 0.508 e. The van der Waals surface area contributed by atoms with Crippen molar-refractivity contribution in [2.24, 2.45) is 17.6 Å². The molecule has 0 radical (unpaired) electrons. The van der Waals surface area contributed by atoms with Gasteiger partial charge in [0.1, 0.15) is 28.6 Å². The van der Waals surface area contributed by atoms with Gasteiger partial charge in [0.15, 0.2) is 11.4 Å². The van der Waals surface area contributed by atoms with E-state index in [1.54, 1.807) is 27.3 Å². The number of likely N-dealkylation sites (N-methyl/N-ethyl adjacent to an activating group) is 1. The van der Waals surface area contributed by atoms with Gasteiger partial charge in [0.05, 0.1) is 18.7 Å². The first-order valence-corrected chi connectivity index (χ1v) is 14.3. The number of phenols is 1. The van der Waals surface area contributed by atoms with Crippen molar-refractivity contribution in [1.29, 1.82) is 0 Å². The molecule has 1 amide bonds. The molecule has 228 valence electrons. The number of nitrogens with two attached hydrogens (primary N) is 1. The zero-order chi connectivity index (χ0) is 31.4.